The van der Waals surface area contributed by atoms with Crippen LogP contribution in [0.3, 0.4) is 0 Å². The van der Waals surface area contributed by atoms with Gasteiger partial charge >= 0.3 is 0 Å². The Morgan fingerprint density at radius 2 is 1.69 bits per heavy atom. The topological polar surface area (TPSA) is 18.5 Å². The van der Waals surface area contributed by atoms with Gasteiger partial charge in [-0.25, -0.2) is 0 Å². The third kappa shape index (κ3) is 4.81. The van der Waals surface area contributed by atoms with Gasteiger partial charge in [0.2, 0.25) is 0 Å². The fourth-order valence-corrected chi connectivity index (χ4v) is 2.72. The summed E-state index contributed by atoms with van der Waals surface area (Å²) in [5.74, 6) is 0. The quantitative estimate of drug-likeness (QED) is 0.469. The highest BCUT2D eigenvalue weighted by molar-refractivity contribution is 4.54. The smallest absolute Gasteiger partial charge is 0.102 e. The Morgan fingerprint density at radius 1 is 0.938 bits per heavy atom. The van der Waals surface area contributed by atoms with Gasteiger partial charge in [0.05, 0.1) is 39.5 Å². The van der Waals surface area contributed by atoms with Crippen molar-refractivity contribution in [2.45, 2.75) is 32.6 Å². The summed E-state index contributed by atoms with van der Waals surface area (Å²) in [6, 6.07) is 0. The van der Waals surface area contributed by atoms with Crippen molar-refractivity contribution in [3.05, 3.63) is 0 Å². The lowest BCUT2D eigenvalue weighted by molar-refractivity contribution is -0.932. The number of hydrogen-bond donors (Lipinski definition) is 0. The van der Waals surface area contributed by atoms with E-state index in [2.05, 4.69) is 6.92 Å². The summed E-state index contributed by atoms with van der Waals surface area (Å²) in [7, 11) is 1.72. The van der Waals surface area contributed by atoms with Gasteiger partial charge in [0, 0.05) is 7.11 Å². The SMILES string of the molecule is CCC[N+]1(CCOCCOC)CCCCC1. The highest BCUT2D eigenvalue weighted by Gasteiger charge is 2.28. The first-order chi connectivity index (χ1) is 7.83. The van der Waals surface area contributed by atoms with Gasteiger partial charge < -0.3 is 14.0 Å². The second-order valence-electron chi connectivity index (χ2n) is 4.90. The minimum absolute atomic E-state index is 0.716. The van der Waals surface area contributed by atoms with E-state index in [9.17, 15) is 0 Å². The first-order valence-electron chi connectivity index (χ1n) is 6.75. The Kier molecular flexibility index (Phi) is 7.01. The van der Waals surface area contributed by atoms with E-state index in [0.29, 0.717) is 6.61 Å². The first kappa shape index (κ1) is 13.9. The van der Waals surface area contributed by atoms with Crippen LogP contribution in [0, 0.1) is 0 Å². The molecule has 1 aliphatic rings. The molecule has 1 saturated heterocycles. The van der Waals surface area contributed by atoms with Gasteiger partial charge in [-0.05, 0) is 25.7 Å². The molecule has 3 heteroatoms. The largest absolute Gasteiger partial charge is 0.382 e. The van der Waals surface area contributed by atoms with E-state index < -0.39 is 0 Å². The van der Waals surface area contributed by atoms with Crippen molar-refractivity contribution in [3.8, 4) is 0 Å². The molecule has 1 rings (SSSR count). The van der Waals surface area contributed by atoms with Gasteiger partial charge in [0.25, 0.3) is 0 Å². The fourth-order valence-electron chi connectivity index (χ4n) is 2.72. The Balaban J connectivity index is 2.21. The van der Waals surface area contributed by atoms with Crippen LogP contribution in [0.15, 0.2) is 0 Å². The predicted octanol–water partition coefficient (Wildman–Crippen LogP) is 2.06. The number of quaternary nitrogens is 1. The van der Waals surface area contributed by atoms with Crippen LogP contribution in [0.2, 0.25) is 0 Å². The molecule has 0 aromatic heterocycles. The lowest BCUT2D eigenvalue weighted by Gasteiger charge is -2.41. The van der Waals surface area contributed by atoms with Crippen LogP contribution in [0.1, 0.15) is 32.6 Å². The van der Waals surface area contributed by atoms with Crippen molar-refractivity contribution < 1.29 is 14.0 Å². The maximum absolute atomic E-state index is 5.61. The maximum Gasteiger partial charge on any atom is 0.102 e. The normalized spacial score (nSPS) is 19.9. The molecule has 1 aliphatic heterocycles. The van der Waals surface area contributed by atoms with Gasteiger partial charge in [0.15, 0.2) is 0 Å². The molecule has 0 aromatic carbocycles. The van der Waals surface area contributed by atoms with Gasteiger partial charge in [-0.2, -0.15) is 0 Å². The summed E-state index contributed by atoms with van der Waals surface area (Å²) in [5, 5.41) is 0. The molecule has 0 saturated carbocycles. The van der Waals surface area contributed by atoms with Gasteiger partial charge in [-0.15, -0.1) is 0 Å². The molecule has 0 aromatic rings. The molecule has 0 unspecified atom stereocenters. The summed E-state index contributed by atoms with van der Waals surface area (Å²) < 4.78 is 11.9. The number of likely N-dealkylation sites (tertiary alicyclic amines) is 1. The molecule has 3 nitrogen and oxygen atoms in total. The fraction of sp³-hybridized carbons (Fsp3) is 1.00. The van der Waals surface area contributed by atoms with Crippen molar-refractivity contribution in [1.82, 2.24) is 0 Å². The summed E-state index contributed by atoms with van der Waals surface area (Å²) in [6.45, 7) is 9.88. The van der Waals surface area contributed by atoms with E-state index in [1.54, 1.807) is 7.11 Å². The minimum atomic E-state index is 0.716. The Labute approximate surface area is 100 Å². The molecule has 1 heterocycles. The molecule has 0 bridgehead atoms. The zero-order chi connectivity index (χ0) is 11.7. The third-order valence-corrected chi connectivity index (χ3v) is 3.60. The molecule has 0 N–H and O–H groups in total. The van der Waals surface area contributed by atoms with Crippen LogP contribution in [-0.2, 0) is 9.47 Å². The van der Waals surface area contributed by atoms with Crippen molar-refractivity contribution in [3.63, 3.8) is 0 Å². The Hall–Kier alpha value is -0.120. The number of nitrogens with zero attached hydrogens (tertiary/aromatic N) is 1. The van der Waals surface area contributed by atoms with Crippen molar-refractivity contribution in [2.75, 3.05) is 53.1 Å². The van der Waals surface area contributed by atoms with Crippen LogP contribution < -0.4 is 0 Å². The summed E-state index contributed by atoms with van der Waals surface area (Å²) in [4.78, 5) is 0. The number of methoxy groups -OCH3 is 1. The second kappa shape index (κ2) is 8.04. The average molecular weight is 230 g/mol. The van der Waals surface area contributed by atoms with Crippen molar-refractivity contribution in [2.24, 2.45) is 0 Å². The van der Waals surface area contributed by atoms with Gasteiger partial charge in [0.1, 0.15) is 6.54 Å². The monoisotopic (exact) mass is 230 g/mol. The van der Waals surface area contributed by atoms with E-state index >= 15 is 0 Å². The number of hydrogen-bond acceptors (Lipinski definition) is 2. The number of ether oxygens (including phenoxy) is 2. The lowest BCUT2D eigenvalue weighted by Crippen LogP contribution is -2.53. The molecular formula is C13H28NO2+. The van der Waals surface area contributed by atoms with Crippen LogP contribution in [0.4, 0.5) is 0 Å². The van der Waals surface area contributed by atoms with Gasteiger partial charge in [-0.1, -0.05) is 6.92 Å². The first-order valence-corrected chi connectivity index (χ1v) is 6.75. The van der Waals surface area contributed by atoms with E-state index in [-0.39, 0.29) is 0 Å². The zero-order valence-electron chi connectivity index (χ0n) is 11.0. The zero-order valence-corrected chi connectivity index (χ0v) is 11.0. The molecule has 0 atom stereocenters. The molecule has 0 aliphatic carbocycles. The molecule has 16 heavy (non-hydrogen) atoms. The molecule has 0 amide bonds. The molecular weight excluding hydrogens is 202 g/mol. The molecule has 1 fully saturated rings. The van der Waals surface area contributed by atoms with E-state index in [1.165, 1.54) is 56.3 Å². The van der Waals surface area contributed by atoms with Crippen molar-refractivity contribution >= 4 is 0 Å². The van der Waals surface area contributed by atoms with Crippen LogP contribution in [0.5, 0.6) is 0 Å². The second-order valence-corrected chi connectivity index (χ2v) is 4.90. The summed E-state index contributed by atoms with van der Waals surface area (Å²) >= 11 is 0. The third-order valence-electron chi connectivity index (χ3n) is 3.60. The van der Waals surface area contributed by atoms with Gasteiger partial charge in [-0.3, -0.25) is 0 Å². The standard InChI is InChI=1S/C13H28NO2/c1-3-7-14(8-5-4-6-9-14)10-11-16-13-12-15-2/h3-13H2,1-2H3/q+1. The predicted molar refractivity (Wildman–Crippen MR) is 66.6 cm³/mol. The summed E-state index contributed by atoms with van der Waals surface area (Å²) in [5.41, 5.74) is 0. The Morgan fingerprint density at radius 3 is 2.31 bits per heavy atom. The van der Waals surface area contributed by atoms with Crippen LogP contribution >= 0.6 is 0 Å². The average Bonchev–Trinajstić information content (AvgIpc) is 2.30. The Bertz CT molecular complexity index is 162. The van der Waals surface area contributed by atoms with Crippen LogP contribution in [-0.4, -0.2) is 57.6 Å². The number of piperidine rings is 1. The molecule has 0 spiro atoms. The maximum atomic E-state index is 5.61. The van der Waals surface area contributed by atoms with Crippen molar-refractivity contribution in [1.29, 1.82) is 0 Å². The van der Waals surface area contributed by atoms with E-state index in [4.69, 9.17) is 9.47 Å². The highest BCUT2D eigenvalue weighted by atomic mass is 16.5. The summed E-state index contributed by atoms with van der Waals surface area (Å²) in [6.07, 6.45) is 5.52. The van der Waals surface area contributed by atoms with Crippen LogP contribution in [0.25, 0.3) is 0 Å². The van der Waals surface area contributed by atoms with E-state index in [0.717, 1.165) is 13.2 Å². The highest BCUT2D eigenvalue weighted by Crippen LogP contribution is 2.19. The number of rotatable bonds is 8. The lowest BCUT2D eigenvalue weighted by atomic mass is 10.1. The minimum Gasteiger partial charge on any atom is -0.382 e. The molecule has 96 valence electrons. The van der Waals surface area contributed by atoms with E-state index in [1.807, 2.05) is 0 Å². The molecule has 0 radical (unpaired) electrons.